The van der Waals surface area contributed by atoms with Crippen LogP contribution in [0.1, 0.15) is 0 Å². The number of nitrogen functional groups attached to an aromatic ring is 1. The van der Waals surface area contributed by atoms with E-state index >= 15 is 0 Å². The van der Waals surface area contributed by atoms with Crippen LogP contribution in [0, 0.1) is 6.07 Å². The van der Waals surface area contributed by atoms with Gasteiger partial charge in [-0.3, -0.25) is 4.98 Å². The molecule has 0 saturated heterocycles. The summed E-state index contributed by atoms with van der Waals surface area (Å²) in [6, 6.07) is 5.91. The van der Waals surface area contributed by atoms with Crippen molar-refractivity contribution in [1.29, 1.82) is 0 Å². The molecule has 9 heavy (non-hydrogen) atoms. The van der Waals surface area contributed by atoms with Crippen LogP contribution in [0.15, 0.2) is 12.1 Å². The minimum absolute atomic E-state index is 0. The normalized spacial score (nSPS) is 8.11. The van der Waals surface area contributed by atoms with Crippen LogP contribution in [0.5, 0.6) is 0 Å². The Morgan fingerprint density at radius 1 is 1.67 bits per heavy atom. The van der Waals surface area contributed by atoms with Gasteiger partial charge in [0.05, 0.1) is 0 Å². The summed E-state index contributed by atoms with van der Waals surface area (Å²) in [6.07, 6.45) is 0. The third-order valence-corrected chi connectivity index (χ3v) is 0.890. The predicted octanol–water partition coefficient (Wildman–Crippen LogP) is -1.88. The molecule has 0 atom stereocenters. The van der Waals surface area contributed by atoms with Crippen molar-refractivity contribution >= 4 is 17.4 Å². The summed E-state index contributed by atoms with van der Waals surface area (Å²) in [4.78, 5) is 3.66. The fourth-order valence-corrected chi connectivity index (χ4v) is 0.534. The van der Waals surface area contributed by atoms with Crippen LogP contribution in [0.3, 0.4) is 0 Å². The second kappa shape index (κ2) is 3.79. The third kappa shape index (κ3) is 2.76. The summed E-state index contributed by atoms with van der Waals surface area (Å²) in [7, 11) is 0. The summed E-state index contributed by atoms with van der Waals surface area (Å²) in [5.74, 6) is 0.331. The number of halogens is 1. The summed E-state index contributed by atoms with van der Waals surface area (Å²) in [6.45, 7) is 0. The zero-order valence-corrected chi connectivity index (χ0v) is 5.81. The minimum Gasteiger partial charge on any atom is -0.399 e. The number of aromatic nitrogens is 1. The Kier molecular flexibility index (Phi) is 3.72. The molecular weight excluding hydrogens is 130 g/mol. The fraction of sp³-hybridized carbons (Fsp3) is 0. The van der Waals surface area contributed by atoms with Gasteiger partial charge in [-0.05, 0) is 0 Å². The number of hydrogen-bond acceptors (Lipinski definition) is 2. The standard InChI is InChI=1S/C5H4ClN2.Li/c6-4-2-1-3-5(7)8-4;/h1-2H,(H2,7,8);/q-1;+1. The van der Waals surface area contributed by atoms with E-state index in [1.54, 1.807) is 12.1 Å². The van der Waals surface area contributed by atoms with Gasteiger partial charge in [0.1, 0.15) is 0 Å². The minimum atomic E-state index is 0. The molecule has 1 aromatic heterocycles. The van der Waals surface area contributed by atoms with Crippen molar-refractivity contribution in [3.8, 4) is 0 Å². The van der Waals surface area contributed by atoms with Gasteiger partial charge < -0.3 is 5.73 Å². The molecular formula is C5H4ClLiN2. The molecule has 1 rings (SSSR count). The smallest absolute Gasteiger partial charge is 0.399 e. The molecule has 0 aliphatic rings. The third-order valence-electron chi connectivity index (χ3n) is 0.679. The molecule has 42 valence electrons. The van der Waals surface area contributed by atoms with Crippen molar-refractivity contribution in [2.24, 2.45) is 0 Å². The van der Waals surface area contributed by atoms with Crippen LogP contribution < -0.4 is 24.6 Å². The zero-order valence-electron chi connectivity index (χ0n) is 5.06. The molecule has 1 aromatic rings. The van der Waals surface area contributed by atoms with Crippen molar-refractivity contribution in [2.45, 2.75) is 0 Å². The van der Waals surface area contributed by atoms with Crippen LogP contribution >= 0.6 is 11.6 Å². The van der Waals surface area contributed by atoms with E-state index in [0.29, 0.717) is 11.0 Å². The molecule has 0 aromatic carbocycles. The average molecular weight is 134 g/mol. The van der Waals surface area contributed by atoms with E-state index in [0.717, 1.165) is 0 Å². The molecule has 0 aliphatic heterocycles. The van der Waals surface area contributed by atoms with E-state index in [1.165, 1.54) is 0 Å². The maximum atomic E-state index is 5.43. The molecule has 2 nitrogen and oxygen atoms in total. The largest absolute Gasteiger partial charge is 1.00 e. The number of nitrogens with zero attached hydrogens (tertiary/aromatic N) is 1. The molecule has 0 unspecified atom stereocenters. The van der Waals surface area contributed by atoms with Crippen molar-refractivity contribution < 1.29 is 18.9 Å². The predicted molar refractivity (Wildman–Crippen MR) is 32.5 cm³/mol. The Bertz CT molecular complexity index is 175. The quantitative estimate of drug-likeness (QED) is 0.256. The second-order valence-electron chi connectivity index (χ2n) is 1.30. The van der Waals surface area contributed by atoms with Gasteiger partial charge >= 0.3 is 18.9 Å². The molecule has 0 radical (unpaired) electrons. The molecule has 2 N–H and O–H groups in total. The van der Waals surface area contributed by atoms with Crippen molar-refractivity contribution in [2.75, 3.05) is 5.73 Å². The maximum absolute atomic E-state index is 5.43. The van der Waals surface area contributed by atoms with Gasteiger partial charge in [-0.1, -0.05) is 11.6 Å². The maximum Gasteiger partial charge on any atom is 1.00 e. The van der Waals surface area contributed by atoms with E-state index in [4.69, 9.17) is 17.3 Å². The second-order valence-corrected chi connectivity index (χ2v) is 1.68. The van der Waals surface area contributed by atoms with Gasteiger partial charge in [0.25, 0.3) is 0 Å². The first-order valence-electron chi connectivity index (χ1n) is 2.09. The van der Waals surface area contributed by atoms with Gasteiger partial charge in [-0.25, -0.2) is 12.1 Å². The van der Waals surface area contributed by atoms with Gasteiger partial charge in [0.2, 0.25) is 0 Å². The van der Waals surface area contributed by atoms with Gasteiger partial charge in [0, 0.05) is 11.0 Å². The molecule has 0 amide bonds. The Morgan fingerprint density at radius 2 is 2.33 bits per heavy atom. The molecule has 0 spiro atoms. The topological polar surface area (TPSA) is 38.9 Å². The first kappa shape index (κ1) is 8.84. The van der Waals surface area contributed by atoms with E-state index in [-0.39, 0.29) is 18.9 Å². The van der Waals surface area contributed by atoms with Crippen LogP contribution in [-0.4, -0.2) is 4.98 Å². The summed E-state index contributed by atoms with van der Waals surface area (Å²) in [5, 5.41) is 0.404. The molecule has 1 heterocycles. The van der Waals surface area contributed by atoms with E-state index in [9.17, 15) is 0 Å². The van der Waals surface area contributed by atoms with E-state index in [1.807, 2.05) is 0 Å². The van der Waals surface area contributed by atoms with Crippen LogP contribution in [0.2, 0.25) is 5.15 Å². The van der Waals surface area contributed by atoms with Crippen molar-refractivity contribution in [3.63, 3.8) is 0 Å². The Balaban J connectivity index is 0.000000640. The van der Waals surface area contributed by atoms with E-state index < -0.39 is 0 Å². The fourth-order valence-electron chi connectivity index (χ4n) is 0.380. The van der Waals surface area contributed by atoms with E-state index in [2.05, 4.69) is 11.1 Å². The van der Waals surface area contributed by atoms with Crippen molar-refractivity contribution in [1.82, 2.24) is 4.98 Å². The Morgan fingerprint density at radius 3 is 2.67 bits per heavy atom. The number of rotatable bonds is 0. The summed E-state index contributed by atoms with van der Waals surface area (Å²) < 4.78 is 0. The van der Waals surface area contributed by atoms with Gasteiger partial charge in [-0.15, -0.1) is 0 Å². The SMILES string of the molecule is Nc1[c-]ccc(Cl)n1.[Li+]. The molecule has 0 bridgehead atoms. The number of pyridine rings is 1. The molecule has 0 saturated carbocycles. The van der Waals surface area contributed by atoms with Crippen LogP contribution in [-0.2, 0) is 0 Å². The molecule has 0 fully saturated rings. The number of nitrogens with two attached hydrogens (primary N) is 1. The molecule has 4 heteroatoms. The Labute approximate surface area is 70.6 Å². The first-order valence-corrected chi connectivity index (χ1v) is 2.46. The summed E-state index contributed by atoms with van der Waals surface area (Å²) >= 11 is 5.43. The zero-order chi connectivity index (χ0) is 5.98. The average Bonchev–Trinajstić information content (AvgIpc) is 1.64. The summed E-state index contributed by atoms with van der Waals surface area (Å²) in [5.41, 5.74) is 5.21. The monoisotopic (exact) mass is 134 g/mol. The van der Waals surface area contributed by atoms with Crippen LogP contribution in [0.4, 0.5) is 5.82 Å². The first-order chi connectivity index (χ1) is 3.79. The number of anilines is 1. The van der Waals surface area contributed by atoms with Gasteiger partial charge in [-0.2, -0.15) is 6.07 Å². The van der Waals surface area contributed by atoms with Gasteiger partial charge in [0.15, 0.2) is 0 Å². The Hall–Kier alpha value is -0.163. The van der Waals surface area contributed by atoms with Crippen LogP contribution in [0.25, 0.3) is 0 Å². The number of hydrogen-bond donors (Lipinski definition) is 1. The van der Waals surface area contributed by atoms with Crippen molar-refractivity contribution in [3.05, 3.63) is 23.4 Å². The molecule has 0 aliphatic carbocycles.